The summed E-state index contributed by atoms with van der Waals surface area (Å²) in [4.78, 5) is 31.1. The van der Waals surface area contributed by atoms with Crippen molar-refractivity contribution in [3.8, 4) is 0 Å². The van der Waals surface area contributed by atoms with Gasteiger partial charge < -0.3 is 15.0 Å². The lowest BCUT2D eigenvalue weighted by molar-refractivity contribution is -0.136. The van der Waals surface area contributed by atoms with Crippen LogP contribution in [0.25, 0.3) is 0 Å². The first-order valence-corrected chi connectivity index (χ1v) is 5.35. The Labute approximate surface area is 99.3 Å². The summed E-state index contributed by atoms with van der Waals surface area (Å²) in [6.45, 7) is 2.44. The first-order chi connectivity index (χ1) is 7.90. The van der Waals surface area contributed by atoms with Gasteiger partial charge in [-0.3, -0.25) is 9.59 Å². The third-order valence-corrected chi connectivity index (χ3v) is 2.40. The van der Waals surface area contributed by atoms with Crippen molar-refractivity contribution in [1.82, 2.24) is 14.9 Å². The monoisotopic (exact) mass is 239 g/mol. The number of aromatic nitrogens is 2. The second kappa shape index (κ2) is 5.58. The molecule has 0 aliphatic heterocycles. The van der Waals surface area contributed by atoms with Gasteiger partial charge in [-0.05, 0) is 21.0 Å². The summed E-state index contributed by atoms with van der Waals surface area (Å²) < 4.78 is 0. The maximum absolute atomic E-state index is 11.7. The third-order valence-electron chi connectivity index (χ3n) is 2.40. The van der Waals surface area contributed by atoms with E-state index in [9.17, 15) is 9.59 Å². The zero-order chi connectivity index (χ0) is 13.0. The van der Waals surface area contributed by atoms with Crippen LogP contribution < -0.4 is 5.56 Å². The molecular weight excluding hydrogens is 222 g/mol. The van der Waals surface area contributed by atoms with E-state index in [-0.39, 0.29) is 17.5 Å². The molecule has 0 unspecified atom stereocenters. The van der Waals surface area contributed by atoms with E-state index in [4.69, 9.17) is 5.11 Å². The fraction of sp³-hybridized carbons (Fsp3) is 0.545. The molecule has 17 heavy (non-hydrogen) atoms. The Morgan fingerprint density at radius 3 is 2.59 bits per heavy atom. The number of likely N-dealkylation sites (N-methyl/N-ethyl adjacent to an activating group) is 1. The van der Waals surface area contributed by atoms with Gasteiger partial charge in [0.2, 0.25) is 0 Å². The lowest BCUT2D eigenvalue weighted by Gasteiger charge is -2.09. The van der Waals surface area contributed by atoms with Gasteiger partial charge in [-0.15, -0.1) is 0 Å². The Bertz CT molecular complexity index is 466. The van der Waals surface area contributed by atoms with Crippen LogP contribution in [-0.2, 0) is 17.6 Å². The first-order valence-electron chi connectivity index (χ1n) is 5.35. The highest BCUT2D eigenvalue weighted by Gasteiger charge is 2.11. The molecule has 1 heterocycles. The second-order valence-electron chi connectivity index (χ2n) is 4.20. The van der Waals surface area contributed by atoms with Gasteiger partial charge in [0.1, 0.15) is 5.82 Å². The predicted molar refractivity (Wildman–Crippen MR) is 63.2 cm³/mol. The van der Waals surface area contributed by atoms with Crippen molar-refractivity contribution in [3.05, 3.63) is 27.4 Å². The number of aliphatic carboxylic acids is 1. The Morgan fingerprint density at radius 2 is 2.12 bits per heavy atom. The quantitative estimate of drug-likeness (QED) is 0.743. The van der Waals surface area contributed by atoms with Gasteiger partial charge >= 0.3 is 5.97 Å². The summed E-state index contributed by atoms with van der Waals surface area (Å²) in [5.74, 6) is -0.434. The number of hydrogen-bond acceptors (Lipinski definition) is 4. The lowest BCUT2D eigenvalue weighted by Crippen LogP contribution is -2.24. The van der Waals surface area contributed by atoms with E-state index in [1.807, 2.05) is 19.0 Å². The van der Waals surface area contributed by atoms with Crippen LogP contribution in [0.3, 0.4) is 0 Å². The van der Waals surface area contributed by atoms with Crippen LogP contribution in [0.5, 0.6) is 0 Å². The normalized spacial score (nSPS) is 10.8. The Morgan fingerprint density at radius 1 is 1.47 bits per heavy atom. The van der Waals surface area contributed by atoms with E-state index in [2.05, 4.69) is 9.97 Å². The van der Waals surface area contributed by atoms with Crippen LogP contribution in [-0.4, -0.2) is 46.6 Å². The van der Waals surface area contributed by atoms with Gasteiger partial charge in [-0.2, -0.15) is 0 Å². The molecule has 0 atom stereocenters. The molecule has 1 aromatic rings. The molecular formula is C11H17N3O3. The van der Waals surface area contributed by atoms with Gasteiger partial charge in [0, 0.05) is 24.2 Å². The van der Waals surface area contributed by atoms with Gasteiger partial charge in [0.15, 0.2) is 0 Å². The number of rotatable bonds is 5. The van der Waals surface area contributed by atoms with Crippen molar-refractivity contribution in [2.75, 3.05) is 20.6 Å². The van der Waals surface area contributed by atoms with Crippen LogP contribution in [0.2, 0.25) is 0 Å². The van der Waals surface area contributed by atoms with E-state index in [1.54, 1.807) is 6.92 Å². The topological polar surface area (TPSA) is 86.3 Å². The van der Waals surface area contributed by atoms with E-state index >= 15 is 0 Å². The number of carboxylic acids is 1. The van der Waals surface area contributed by atoms with Crippen molar-refractivity contribution in [2.24, 2.45) is 0 Å². The third kappa shape index (κ3) is 3.99. The number of hydrogen-bond donors (Lipinski definition) is 2. The zero-order valence-corrected chi connectivity index (χ0v) is 10.3. The molecule has 94 valence electrons. The predicted octanol–water partition coefficient (Wildman–Crippen LogP) is -0.190. The van der Waals surface area contributed by atoms with Gasteiger partial charge in [0.05, 0.1) is 6.42 Å². The summed E-state index contributed by atoms with van der Waals surface area (Å²) in [7, 11) is 3.87. The van der Waals surface area contributed by atoms with Crippen molar-refractivity contribution in [2.45, 2.75) is 19.8 Å². The number of H-pyrrole nitrogens is 1. The lowest BCUT2D eigenvalue weighted by atomic mass is 10.1. The summed E-state index contributed by atoms with van der Waals surface area (Å²) >= 11 is 0. The SMILES string of the molecule is Cc1nc(CCN(C)C)[nH]c(=O)c1CC(=O)O. The van der Waals surface area contributed by atoms with E-state index in [0.717, 1.165) is 6.54 Å². The molecule has 0 aromatic carbocycles. The Kier molecular flexibility index (Phi) is 4.39. The molecule has 0 saturated heterocycles. The average molecular weight is 239 g/mol. The van der Waals surface area contributed by atoms with E-state index < -0.39 is 5.97 Å². The highest BCUT2D eigenvalue weighted by atomic mass is 16.4. The molecule has 0 amide bonds. The molecule has 6 nitrogen and oxygen atoms in total. The van der Waals surface area contributed by atoms with Crippen molar-refractivity contribution in [3.63, 3.8) is 0 Å². The fourth-order valence-corrected chi connectivity index (χ4v) is 1.48. The fourth-order valence-electron chi connectivity index (χ4n) is 1.48. The van der Waals surface area contributed by atoms with E-state index in [1.165, 1.54) is 0 Å². The van der Waals surface area contributed by atoms with Gasteiger partial charge in [-0.1, -0.05) is 0 Å². The minimum atomic E-state index is -1.03. The molecule has 0 radical (unpaired) electrons. The second-order valence-corrected chi connectivity index (χ2v) is 4.20. The molecule has 0 aliphatic carbocycles. The minimum Gasteiger partial charge on any atom is -0.481 e. The molecule has 1 rings (SSSR count). The summed E-state index contributed by atoms with van der Waals surface area (Å²) in [6, 6.07) is 0. The van der Waals surface area contributed by atoms with Crippen molar-refractivity contribution < 1.29 is 9.90 Å². The molecule has 0 fully saturated rings. The molecule has 6 heteroatoms. The summed E-state index contributed by atoms with van der Waals surface area (Å²) in [5, 5.41) is 8.67. The maximum atomic E-state index is 11.7. The smallest absolute Gasteiger partial charge is 0.308 e. The van der Waals surface area contributed by atoms with E-state index in [0.29, 0.717) is 17.9 Å². The largest absolute Gasteiger partial charge is 0.481 e. The molecule has 0 spiro atoms. The number of carbonyl (C=O) groups is 1. The molecule has 2 N–H and O–H groups in total. The van der Waals surface area contributed by atoms with Crippen LogP contribution >= 0.6 is 0 Å². The maximum Gasteiger partial charge on any atom is 0.308 e. The summed E-state index contributed by atoms with van der Waals surface area (Å²) in [5.41, 5.74) is 0.365. The first kappa shape index (κ1) is 13.4. The highest BCUT2D eigenvalue weighted by Crippen LogP contribution is 2.01. The Hall–Kier alpha value is -1.69. The minimum absolute atomic E-state index is 0.228. The number of aromatic amines is 1. The van der Waals surface area contributed by atoms with Gasteiger partial charge in [0.25, 0.3) is 5.56 Å². The van der Waals surface area contributed by atoms with Crippen molar-refractivity contribution >= 4 is 5.97 Å². The number of carboxylic acid groups (broad SMARTS) is 1. The Balaban J connectivity index is 2.93. The molecule has 0 bridgehead atoms. The molecule has 0 saturated carbocycles. The highest BCUT2D eigenvalue weighted by molar-refractivity contribution is 5.70. The standard InChI is InChI=1S/C11H17N3O3/c1-7-8(6-10(15)16)11(17)13-9(12-7)4-5-14(2)3/h4-6H2,1-3H3,(H,15,16)(H,12,13,17). The van der Waals surface area contributed by atoms with Crippen molar-refractivity contribution in [1.29, 1.82) is 0 Å². The summed E-state index contributed by atoms with van der Waals surface area (Å²) in [6.07, 6.45) is 0.346. The number of nitrogens with zero attached hydrogens (tertiary/aromatic N) is 2. The molecule has 0 aliphatic rings. The molecule has 1 aromatic heterocycles. The van der Waals surface area contributed by atoms with Crippen LogP contribution in [0.4, 0.5) is 0 Å². The average Bonchev–Trinajstić information content (AvgIpc) is 2.20. The number of nitrogens with one attached hydrogen (secondary N) is 1. The number of aryl methyl sites for hydroxylation is 1. The van der Waals surface area contributed by atoms with Gasteiger partial charge in [-0.25, -0.2) is 4.98 Å². The van der Waals surface area contributed by atoms with Crippen LogP contribution in [0.1, 0.15) is 17.1 Å². The zero-order valence-electron chi connectivity index (χ0n) is 10.3. The van der Waals surface area contributed by atoms with Crippen LogP contribution in [0, 0.1) is 6.92 Å². The van der Waals surface area contributed by atoms with Crippen LogP contribution in [0.15, 0.2) is 4.79 Å².